The van der Waals surface area contributed by atoms with E-state index in [-0.39, 0.29) is 18.9 Å². The third-order valence-electron chi connectivity index (χ3n) is 1.16. The van der Waals surface area contributed by atoms with Crippen LogP contribution >= 0.6 is 0 Å². The second kappa shape index (κ2) is 2.91. The first-order valence-electron chi connectivity index (χ1n) is 2.41. The molecule has 1 heterocycles. The predicted molar refractivity (Wildman–Crippen MR) is 35.0 cm³/mol. The molecule has 0 aliphatic carbocycles. The molecule has 1 aliphatic heterocycles. The summed E-state index contributed by atoms with van der Waals surface area (Å²) in [6, 6.07) is 0. The normalized spacial score (nSPS) is 24.5. The summed E-state index contributed by atoms with van der Waals surface area (Å²) in [7, 11) is -2.55. The van der Waals surface area contributed by atoms with Crippen LogP contribution in [0.5, 0.6) is 0 Å². The van der Waals surface area contributed by atoms with E-state index in [2.05, 4.69) is 0 Å². The van der Waals surface area contributed by atoms with Gasteiger partial charge in [-0.15, -0.1) is 0 Å². The van der Waals surface area contributed by atoms with Crippen molar-refractivity contribution in [3.8, 4) is 0 Å². The summed E-state index contributed by atoms with van der Waals surface area (Å²) in [6.45, 7) is 0. The maximum absolute atomic E-state index is 10.4. The molecule has 0 aromatic carbocycles. The molecule has 1 aliphatic rings. The Bertz CT molecular complexity index is 137. The minimum absolute atomic E-state index is 0. The van der Waals surface area contributed by atoms with Crippen LogP contribution in [0, 0.1) is 0 Å². The van der Waals surface area contributed by atoms with Crippen LogP contribution < -0.4 is 0 Å². The van der Waals surface area contributed by atoms with E-state index in [9.17, 15) is 8.42 Å². The summed E-state index contributed by atoms with van der Waals surface area (Å²) in [5.74, 6) is 0.847. The predicted octanol–water partition coefficient (Wildman–Crippen LogP) is -0.453. The molecule has 0 amide bonds. The number of hydrogen-bond donors (Lipinski definition) is 0. The molecule has 0 aromatic heterocycles. The van der Waals surface area contributed by atoms with E-state index in [1.165, 1.54) is 0 Å². The van der Waals surface area contributed by atoms with E-state index in [0.717, 1.165) is 12.8 Å². The van der Waals surface area contributed by atoms with Crippen molar-refractivity contribution in [1.82, 2.24) is 0 Å². The van der Waals surface area contributed by atoms with Gasteiger partial charge in [0.05, 0.1) is 11.5 Å². The van der Waals surface area contributed by atoms with E-state index in [1.54, 1.807) is 0 Å². The Balaban J connectivity index is 0.000000490. The van der Waals surface area contributed by atoms with E-state index in [1.807, 2.05) is 0 Å². The fraction of sp³-hybridized carbons (Fsp3) is 1.00. The van der Waals surface area contributed by atoms with Crippen molar-refractivity contribution in [3.05, 3.63) is 0 Å². The second-order valence-corrected chi connectivity index (χ2v) is 4.16. The molecule has 1 saturated heterocycles. The van der Waals surface area contributed by atoms with Gasteiger partial charge >= 0.3 is 18.9 Å². The molecular formula is C4H9LiO2S. The zero-order chi connectivity index (χ0) is 5.33. The Morgan fingerprint density at radius 2 is 1.38 bits per heavy atom. The van der Waals surface area contributed by atoms with Gasteiger partial charge in [-0.2, -0.15) is 0 Å². The van der Waals surface area contributed by atoms with Gasteiger partial charge in [0.25, 0.3) is 0 Å². The van der Waals surface area contributed by atoms with E-state index < -0.39 is 9.84 Å². The van der Waals surface area contributed by atoms with E-state index in [4.69, 9.17) is 0 Å². The monoisotopic (exact) mass is 128 g/mol. The molecule has 4 heteroatoms. The fourth-order valence-corrected chi connectivity index (χ4v) is 2.24. The van der Waals surface area contributed by atoms with Gasteiger partial charge in [0, 0.05) is 0 Å². The zero-order valence-corrected chi connectivity index (χ0v) is 4.87. The van der Waals surface area contributed by atoms with Crippen LogP contribution in [0.25, 0.3) is 0 Å². The van der Waals surface area contributed by atoms with Gasteiger partial charge in [-0.3, -0.25) is 0 Å². The van der Waals surface area contributed by atoms with Crippen molar-refractivity contribution in [3.63, 3.8) is 0 Å². The Morgan fingerprint density at radius 3 is 1.50 bits per heavy atom. The van der Waals surface area contributed by atoms with Crippen molar-refractivity contribution in [2.45, 2.75) is 12.8 Å². The van der Waals surface area contributed by atoms with Gasteiger partial charge in [-0.05, 0) is 12.8 Å². The van der Waals surface area contributed by atoms with Crippen LogP contribution in [-0.4, -0.2) is 38.8 Å². The summed E-state index contributed by atoms with van der Waals surface area (Å²) < 4.78 is 20.9. The van der Waals surface area contributed by atoms with Crippen LogP contribution in [0.4, 0.5) is 0 Å². The Hall–Kier alpha value is 0.547. The summed E-state index contributed by atoms with van der Waals surface area (Å²) in [5.41, 5.74) is 0. The number of hydrogen-bond acceptors (Lipinski definition) is 2. The van der Waals surface area contributed by atoms with Gasteiger partial charge in [-0.1, -0.05) is 0 Å². The van der Waals surface area contributed by atoms with Gasteiger partial charge in [-0.25, -0.2) is 8.42 Å². The maximum atomic E-state index is 10.4. The molecule has 44 valence electrons. The van der Waals surface area contributed by atoms with Crippen molar-refractivity contribution in [2.24, 2.45) is 0 Å². The van der Waals surface area contributed by atoms with Crippen molar-refractivity contribution in [1.29, 1.82) is 0 Å². The molecule has 0 unspecified atom stereocenters. The quantitative estimate of drug-likeness (QED) is 0.414. The third kappa shape index (κ3) is 2.21. The molecule has 0 saturated carbocycles. The van der Waals surface area contributed by atoms with Crippen LogP contribution in [0.15, 0.2) is 0 Å². The van der Waals surface area contributed by atoms with Crippen molar-refractivity contribution < 1.29 is 8.42 Å². The van der Waals surface area contributed by atoms with E-state index in [0.29, 0.717) is 11.5 Å². The van der Waals surface area contributed by atoms with Gasteiger partial charge in [0.2, 0.25) is 0 Å². The number of sulfone groups is 1. The van der Waals surface area contributed by atoms with Crippen LogP contribution in [0.3, 0.4) is 0 Å². The topological polar surface area (TPSA) is 34.1 Å². The van der Waals surface area contributed by atoms with Crippen LogP contribution in [0.2, 0.25) is 0 Å². The Morgan fingerprint density at radius 1 is 1.00 bits per heavy atom. The Labute approximate surface area is 61.8 Å². The number of rotatable bonds is 0. The molecule has 0 N–H and O–H groups in total. The van der Waals surface area contributed by atoms with Crippen molar-refractivity contribution >= 4 is 28.7 Å². The summed E-state index contributed by atoms with van der Waals surface area (Å²) in [4.78, 5) is 0. The summed E-state index contributed by atoms with van der Waals surface area (Å²) in [5, 5.41) is 0. The van der Waals surface area contributed by atoms with Gasteiger partial charge in [0.1, 0.15) is 9.84 Å². The first-order valence-corrected chi connectivity index (χ1v) is 4.23. The average molecular weight is 128 g/mol. The second-order valence-electron chi connectivity index (χ2n) is 1.86. The molecule has 0 aromatic rings. The third-order valence-corrected chi connectivity index (χ3v) is 2.98. The molecule has 0 bridgehead atoms. The van der Waals surface area contributed by atoms with Crippen molar-refractivity contribution in [2.75, 3.05) is 11.5 Å². The standard InChI is InChI=1S/C4H8O2S.Li.H/c5-7(6)3-1-2-4-7;;/h1-4H2;;. The molecular weight excluding hydrogens is 119 g/mol. The molecule has 0 atom stereocenters. The molecule has 8 heavy (non-hydrogen) atoms. The molecule has 0 radical (unpaired) electrons. The average Bonchev–Trinajstić information content (AvgIpc) is 1.84. The minimum atomic E-state index is -2.55. The van der Waals surface area contributed by atoms with Gasteiger partial charge in [0.15, 0.2) is 0 Å². The Kier molecular flexibility index (Phi) is 3.11. The first-order chi connectivity index (χ1) is 3.21. The molecule has 1 rings (SSSR count). The summed E-state index contributed by atoms with van der Waals surface area (Å²) >= 11 is 0. The van der Waals surface area contributed by atoms with Gasteiger partial charge < -0.3 is 0 Å². The molecule has 2 nitrogen and oxygen atoms in total. The van der Waals surface area contributed by atoms with E-state index >= 15 is 0 Å². The fourth-order valence-electron chi connectivity index (χ4n) is 0.746. The first kappa shape index (κ1) is 8.55. The zero-order valence-electron chi connectivity index (χ0n) is 4.05. The SMILES string of the molecule is O=S1(=O)CCCC1.[LiH]. The summed E-state index contributed by atoms with van der Waals surface area (Å²) in [6.07, 6.45) is 1.75. The van der Waals surface area contributed by atoms with Crippen LogP contribution in [0.1, 0.15) is 12.8 Å². The van der Waals surface area contributed by atoms with Crippen LogP contribution in [-0.2, 0) is 9.84 Å². The molecule has 1 fully saturated rings. The molecule has 0 spiro atoms.